The molecule has 0 aromatic heterocycles. The van der Waals surface area contributed by atoms with Gasteiger partial charge in [-0.2, -0.15) is 0 Å². The van der Waals surface area contributed by atoms with Gasteiger partial charge < -0.3 is 10.1 Å². The molecule has 0 bridgehead atoms. The Morgan fingerprint density at radius 2 is 1.81 bits per heavy atom. The molecule has 1 fully saturated rings. The Bertz CT molecular complexity index is 153. The largest absolute Gasteiger partial charge is 0.385 e. The molecular weight excluding hydrogens is 198 g/mol. The first-order valence-corrected chi connectivity index (χ1v) is 7.02. The third-order valence-electron chi connectivity index (χ3n) is 3.77. The standard InChI is InChI=1S/C14H29NO/c1-13-6-8-14(9-7-13)12-15-10-4-3-5-11-16-2/h13-15H,3-12H2,1-2H3. The molecule has 0 radical (unpaired) electrons. The normalized spacial score (nSPS) is 25.9. The fourth-order valence-corrected chi connectivity index (χ4v) is 2.51. The predicted molar refractivity (Wildman–Crippen MR) is 69.7 cm³/mol. The summed E-state index contributed by atoms with van der Waals surface area (Å²) in [6, 6.07) is 0. The molecule has 0 saturated heterocycles. The Kier molecular flexibility index (Phi) is 7.87. The van der Waals surface area contributed by atoms with Crippen LogP contribution in [0.25, 0.3) is 0 Å². The number of nitrogens with one attached hydrogen (secondary N) is 1. The second-order valence-electron chi connectivity index (χ2n) is 5.38. The van der Waals surface area contributed by atoms with Crippen molar-refractivity contribution in [3.63, 3.8) is 0 Å². The van der Waals surface area contributed by atoms with Gasteiger partial charge in [-0.15, -0.1) is 0 Å². The minimum Gasteiger partial charge on any atom is -0.385 e. The summed E-state index contributed by atoms with van der Waals surface area (Å²) in [7, 11) is 1.78. The van der Waals surface area contributed by atoms with E-state index >= 15 is 0 Å². The molecule has 0 unspecified atom stereocenters. The van der Waals surface area contributed by atoms with Gasteiger partial charge in [0.15, 0.2) is 0 Å². The summed E-state index contributed by atoms with van der Waals surface area (Å²) in [6.45, 7) is 5.74. The van der Waals surface area contributed by atoms with Crippen molar-refractivity contribution in [3.8, 4) is 0 Å². The van der Waals surface area contributed by atoms with Crippen LogP contribution in [-0.2, 0) is 4.74 Å². The van der Waals surface area contributed by atoms with Crippen molar-refractivity contribution >= 4 is 0 Å². The van der Waals surface area contributed by atoms with Gasteiger partial charge in [-0.05, 0) is 57.0 Å². The third kappa shape index (κ3) is 6.49. The zero-order chi connectivity index (χ0) is 11.6. The molecule has 0 spiro atoms. The second kappa shape index (κ2) is 9.00. The molecule has 1 N–H and O–H groups in total. The molecule has 1 aliphatic rings. The number of hydrogen-bond acceptors (Lipinski definition) is 2. The van der Waals surface area contributed by atoms with Crippen molar-refractivity contribution in [2.75, 3.05) is 26.8 Å². The van der Waals surface area contributed by atoms with Crippen LogP contribution in [0.5, 0.6) is 0 Å². The van der Waals surface area contributed by atoms with Gasteiger partial charge in [0.1, 0.15) is 0 Å². The maximum Gasteiger partial charge on any atom is 0.0462 e. The molecule has 1 saturated carbocycles. The van der Waals surface area contributed by atoms with Crippen LogP contribution in [0.3, 0.4) is 0 Å². The molecule has 0 heterocycles. The van der Waals surface area contributed by atoms with Crippen LogP contribution in [0.1, 0.15) is 51.9 Å². The average molecular weight is 227 g/mol. The van der Waals surface area contributed by atoms with Gasteiger partial charge in [0, 0.05) is 13.7 Å². The van der Waals surface area contributed by atoms with Crippen LogP contribution >= 0.6 is 0 Å². The summed E-state index contributed by atoms with van der Waals surface area (Å²) in [4.78, 5) is 0. The van der Waals surface area contributed by atoms with Crippen LogP contribution in [0, 0.1) is 11.8 Å². The lowest BCUT2D eigenvalue weighted by Gasteiger charge is -2.26. The highest BCUT2D eigenvalue weighted by atomic mass is 16.5. The summed E-state index contributed by atoms with van der Waals surface area (Å²) in [6.07, 6.45) is 9.57. The van der Waals surface area contributed by atoms with E-state index in [0.717, 1.165) is 18.4 Å². The molecule has 1 aliphatic carbocycles. The number of rotatable bonds is 8. The van der Waals surface area contributed by atoms with Crippen molar-refractivity contribution in [2.24, 2.45) is 11.8 Å². The summed E-state index contributed by atoms with van der Waals surface area (Å²) in [5, 5.41) is 3.61. The van der Waals surface area contributed by atoms with E-state index in [1.165, 1.54) is 58.0 Å². The van der Waals surface area contributed by atoms with E-state index in [9.17, 15) is 0 Å². The number of hydrogen-bond donors (Lipinski definition) is 1. The SMILES string of the molecule is COCCCCCNCC1CCC(C)CC1. The van der Waals surface area contributed by atoms with Gasteiger partial charge in [-0.1, -0.05) is 19.8 Å². The van der Waals surface area contributed by atoms with Crippen molar-refractivity contribution in [3.05, 3.63) is 0 Å². The predicted octanol–water partition coefficient (Wildman–Crippen LogP) is 3.22. The van der Waals surface area contributed by atoms with Crippen molar-refractivity contribution in [2.45, 2.75) is 51.9 Å². The molecule has 1 rings (SSSR count). The van der Waals surface area contributed by atoms with Gasteiger partial charge >= 0.3 is 0 Å². The van der Waals surface area contributed by atoms with Crippen molar-refractivity contribution < 1.29 is 4.74 Å². The van der Waals surface area contributed by atoms with Gasteiger partial charge in [0.2, 0.25) is 0 Å². The maximum atomic E-state index is 5.03. The summed E-state index contributed by atoms with van der Waals surface area (Å²) < 4.78 is 5.03. The quantitative estimate of drug-likeness (QED) is 0.643. The summed E-state index contributed by atoms with van der Waals surface area (Å²) in [5.74, 6) is 1.93. The zero-order valence-electron chi connectivity index (χ0n) is 11.1. The van der Waals surface area contributed by atoms with Crippen LogP contribution in [0.2, 0.25) is 0 Å². The fraction of sp³-hybridized carbons (Fsp3) is 1.00. The maximum absolute atomic E-state index is 5.03. The summed E-state index contributed by atoms with van der Waals surface area (Å²) in [5.41, 5.74) is 0. The number of unbranched alkanes of at least 4 members (excludes halogenated alkanes) is 2. The molecule has 0 aliphatic heterocycles. The van der Waals surface area contributed by atoms with E-state index in [-0.39, 0.29) is 0 Å². The Hall–Kier alpha value is -0.0800. The van der Waals surface area contributed by atoms with Crippen molar-refractivity contribution in [1.29, 1.82) is 0 Å². The molecule has 2 nitrogen and oxygen atoms in total. The topological polar surface area (TPSA) is 21.3 Å². The third-order valence-corrected chi connectivity index (χ3v) is 3.77. The Morgan fingerprint density at radius 1 is 1.06 bits per heavy atom. The first-order chi connectivity index (χ1) is 7.83. The van der Waals surface area contributed by atoms with Crippen LogP contribution in [-0.4, -0.2) is 26.8 Å². The number of methoxy groups -OCH3 is 1. The van der Waals surface area contributed by atoms with E-state index in [1.807, 2.05) is 0 Å². The lowest BCUT2D eigenvalue weighted by atomic mass is 9.83. The molecule has 0 aromatic rings. The lowest BCUT2D eigenvalue weighted by Crippen LogP contribution is -2.26. The fourth-order valence-electron chi connectivity index (χ4n) is 2.51. The smallest absolute Gasteiger partial charge is 0.0462 e. The Balaban J connectivity index is 1.84. The monoisotopic (exact) mass is 227 g/mol. The van der Waals surface area contributed by atoms with Crippen LogP contribution < -0.4 is 5.32 Å². The van der Waals surface area contributed by atoms with E-state index in [2.05, 4.69) is 12.2 Å². The molecule has 16 heavy (non-hydrogen) atoms. The number of ether oxygens (including phenoxy) is 1. The highest BCUT2D eigenvalue weighted by molar-refractivity contribution is 4.71. The molecule has 2 heteroatoms. The molecule has 0 atom stereocenters. The molecule has 0 aromatic carbocycles. The highest BCUT2D eigenvalue weighted by Gasteiger charge is 2.17. The van der Waals surface area contributed by atoms with E-state index in [4.69, 9.17) is 4.74 Å². The summed E-state index contributed by atoms with van der Waals surface area (Å²) >= 11 is 0. The van der Waals surface area contributed by atoms with Gasteiger partial charge in [-0.3, -0.25) is 0 Å². The van der Waals surface area contributed by atoms with E-state index < -0.39 is 0 Å². The first-order valence-electron chi connectivity index (χ1n) is 7.02. The molecule has 0 amide bonds. The first kappa shape index (κ1) is 14.0. The average Bonchev–Trinajstić information content (AvgIpc) is 2.30. The minimum atomic E-state index is 0.917. The minimum absolute atomic E-state index is 0.917. The Morgan fingerprint density at radius 3 is 2.50 bits per heavy atom. The van der Waals surface area contributed by atoms with Crippen molar-refractivity contribution in [1.82, 2.24) is 5.32 Å². The second-order valence-corrected chi connectivity index (χ2v) is 5.38. The van der Waals surface area contributed by atoms with Gasteiger partial charge in [0.25, 0.3) is 0 Å². The van der Waals surface area contributed by atoms with Gasteiger partial charge in [0.05, 0.1) is 0 Å². The Labute approximate surface area is 101 Å². The van der Waals surface area contributed by atoms with Crippen LogP contribution in [0.4, 0.5) is 0 Å². The van der Waals surface area contributed by atoms with E-state index in [1.54, 1.807) is 7.11 Å². The van der Waals surface area contributed by atoms with Gasteiger partial charge in [-0.25, -0.2) is 0 Å². The van der Waals surface area contributed by atoms with Crippen LogP contribution in [0.15, 0.2) is 0 Å². The lowest BCUT2D eigenvalue weighted by molar-refractivity contribution is 0.192. The zero-order valence-corrected chi connectivity index (χ0v) is 11.1. The molecular formula is C14H29NO. The highest BCUT2D eigenvalue weighted by Crippen LogP contribution is 2.27. The molecule has 96 valence electrons. The van der Waals surface area contributed by atoms with E-state index in [0.29, 0.717) is 0 Å².